The topological polar surface area (TPSA) is 67.6 Å². The van der Waals surface area contributed by atoms with Crippen LogP contribution in [0.1, 0.15) is 36.6 Å². The standard InChI is InChI=1S/C11H14N4/c12-5-7-4-9-11(13-6-7)15-10(14-9)8-2-1-3-8/h4,6,8H,1-3,5,12H2,(H,13,14,15). The van der Waals surface area contributed by atoms with Gasteiger partial charge in [0.2, 0.25) is 0 Å². The van der Waals surface area contributed by atoms with E-state index in [4.69, 9.17) is 5.73 Å². The first-order chi connectivity index (χ1) is 7.36. The van der Waals surface area contributed by atoms with Gasteiger partial charge in [-0.1, -0.05) is 6.42 Å². The third-order valence-corrected chi connectivity index (χ3v) is 3.14. The van der Waals surface area contributed by atoms with E-state index >= 15 is 0 Å². The third-order valence-electron chi connectivity index (χ3n) is 3.14. The number of imidazole rings is 1. The zero-order valence-electron chi connectivity index (χ0n) is 8.53. The second-order valence-corrected chi connectivity index (χ2v) is 4.17. The quantitative estimate of drug-likeness (QED) is 0.778. The molecule has 0 spiro atoms. The summed E-state index contributed by atoms with van der Waals surface area (Å²) in [7, 11) is 0. The van der Waals surface area contributed by atoms with Crippen LogP contribution >= 0.6 is 0 Å². The van der Waals surface area contributed by atoms with Crippen LogP contribution in [0.2, 0.25) is 0 Å². The molecule has 3 N–H and O–H groups in total. The normalized spacial score (nSPS) is 16.9. The molecule has 4 nitrogen and oxygen atoms in total. The zero-order chi connectivity index (χ0) is 10.3. The summed E-state index contributed by atoms with van der Waals surface area (Å²) in [6.45, 7) is 0.528. The molecule has 78 valence electrons. The molecule has 0 aromatic carbocycles. The van der Waals surface area contributed by atoms with Gasteiger partial charge >= 0.3 is 0 Å². The molecule has 2 aromatic rings. The summed E-state index contributed by atoms with van der Waals surface area (Å²) >= 11 is 0. The summed E-state index contributed by atoms with van der Waals surface area (Å²) in [6.07, 6.45) is 5.63. The van der Waals surface area contributed by atoms with Gasteiger partial charge in [-0.2, -0.15) is 0 Å². The largest absolute Gasteiger partial charge is 0.340 e. The summed E-state index contributed by atoms with van der Waals surface area (Å²) in [4.78, 5) is 12.1. The number of rotatable bonds is 2. The highest BCUT2D eigenvalue weighted by Crippen LogP contribution is 2.35. The lowest BCUT2D eigenvalue weighted by atomic mass is 9.85. The molecule has 1 saturated carbocycles. The lowest BCUT2D eigenvalue weighted by molar-refractivity contribution is 0.404. The second kappa shape index (κ2) is 3.31. The molecule has 0 unspecified atom stereocenters. The van der Waals surface area contributed by atoms with Crippen molar-refractivity contribution < 1.29 is 0 Å². The van der Waals surface area contributed by atoms with Gasteiger partial charge in [-0.15, -0.1) is 0 Å². The summed E-state index contributed by atoms with van der Waals surface area (Å²) in [6, 6.07) is 2.04. The molecule has 2 heterocycles. The van der Waals surface area contributed by atoms with Gasteiger partial charge in [-0.3, -0.25) is 0 Å². The molecule has 0 radical (unpaired) electrons. The first kappa shape index (κ1) is 8.85. The molecule has 0 bridgehead atoms. The van der Waals surface area contributed by atoms with Crippen LogP contribution in [0.25, 0.3) is 11.2 Å². The van der Waals surface area contributed by atoms with Crippen LogP contribution in [0.15, 0.2) is 12.3 Å². The van der Waals surface area contributed by atoms with Crippen molar-refractivity contribution >= 4 is 11.2 Å². The minimum Gasteiger partial charge on any atom is -0.340 e. The maximum absolute atomic E-state index is 5.57. The van der Waals surface area contributed by atoms with E-state index in [1.807, 2.05) is 6.07 Å². The average Bonchev–Trinajstić information content (AvgIpc) is 2.56. The Bertz CT molecular complexity index is 484. The van der Waals surface area contributed by atoms with Crippen molar-refractivity contribution in [2.75, 3.05) is 0 Å². The van der Waals surface area contributed by atoms with Gasteiger partial charge in [0, 0.05) is 18.7 Å². The van der Waals surface area contributed by atoms with E-state index in [9.17, 15) is 0 Å². The average molecular weight is 202 g/mol. The Hall–Kier alpha value is -1.42. The lowest BCUT2D eigenvalue weighted by Gasteiger charge is -2.22. The Morgan fingerprint density at radius 3 is 3.00 bits per heavy atom. The number of aromatic nitrogens is 3. The van der Waals surface area contributed by atoms with Gasteiger partial charge in [0.1, 0.15) is 5.82 Å². The molecule has 0 atom stereocenters. The monoisotopic (exact) mass is 202 g/mol. The fourth-order valence-electron chi connectivity index (χ4n) is 1.95. The highest BCUT2D eigenvalue weighted by molar-refractivity contribution is 5.71. The minimum atomic E-state index is 0.528. The fourth-order valence-corrected chi connectivity index (χ4v) is 1.95. The predicted octanol–water partition coefficient (Wildman–Crippen LogP) is 1.68. The van der Waals surface area contributed by atoms with Crippen molar-refractivity contribution in [3.05, 3.63) is 23.7 Å². The van der Waals surface area contributed by atoms with Crippen LogP contribution in [0, 0.1) is 0 Å². The first-order valence-electron chi connectivity index (χ1n) is 5.41. The Morgan fingerprint density at radius 1 is 1.47 bits per heavy atom. The van der Waals surface area contributed by atoms with Crippen molar-refractivity contribution in [3.63, 3.8) is 0 Å². The summed E-state index contributed by atoms with van der Waals surface area (Å²) in [5.74, 6) is 1.72. The van der Waals surface area contributed by atoms with E-state index in [1.165, 1.54) is 19.3 Å². The van der Waals surface area contributed by atoms with Crippen LogP contribution in [0.5, 0.6) is 0 Å². The fraction of sp³-hybridized carbons (Fsp3) is 0.455. The minimum absolute atomic E-state index is 0.528. The maximum Gasteiger partial charge on any atom is 0.177 e. The SMILES string of the molecule is NCc1cnc2nc(C3CCC3)[nH]c2c1. The number of hydrogen-bond acceptors (Lipinski definition) is 3. The third kappa shape index (κ3) is 1.41. The first-order valence-corrected chi connectivity index (χ1v) is 5.41. The van der Waals surface area contributed by atoms with Gasteiger partial charge in [-0.05, 0) is 24.5 Å². The Kier molecular flexibility index (Phi) is 1.95. The molecule has 1 aliphatic carbocycles. The summed E-state index contributed by atoms with van der Waals surface area (Å²) in [5.41, 5.74) is 8.45. The second-order valence-electron chi connectivity index (χ2n) is 4.17. The van der Waals surface area contributed by atoms with Gasteiger partial charge in [0.15, 0.2) is 5.65 Å². The molecule has 15 heavy (non-hydrogen) atoms. The molecular formula is C11H14N4. The molecule has 3 rings (SSSR count). The van der Waals surface area contributed by atoms with E-state index in [0.29, 0.717) is 12.5 Å². The molecule has 1 fully saturated rings. The van der Waals surface area contributed by atoms with Crippen molar-refractivity contribution in [1.29, 1.82) is 0 Å². The molecular weight excluding hydrogens is 188 g/mol. The van der Waals surface area contributed by atoms with Crippen molar-refractivity contribution in [1.82, 2.24) is 15.0 Å². The van der Waals surface area contributed by atoms with Crippen LogP contribution in [0.4, 0.5) is 0 Å². The van der Waals surface area contributed by atoms with Crippen molar-refractivity contribution in [2.45, 2.75) is 31.7 Å². The van der Waals surface area contributed by atoms with Gasteiger partial charge < -0.3 is 10.7 Å². The Morgan fingerprint density at radius 2 is 2.33 bits per heavy atom. The van der Waals surface area contributed by atoms with E-state index in [2.05, 4.69) is 15.0 Å². The highest BCUT2D eigenvalue weighted by atomic mass is 15.0. The number of nitrogens with one attached hydrogen (secondary N) is 1. The van der Waals surface area contributed by atoms with Gasteiger partial charge in [0.25, 0.3) is 0 Å². The van der Waals surface area contributed by atoms with E-state index in [-0.39, 0.29) is 0 Å². The molecule has 2 aromatic heterocycles. The molecule has 0 saturated heterocycles. The Labute approximate surface area is 87.9 Å². The number of H-pyrrole nitrogens is 1. The van der Waals surface area contributed by atoms with E-state index in [0.717, 1.165) is 22.6 Å². The number of hydrogen-bond donors (Lipinski definition) is 2. The summed E-state index contributed by atoms with van der Waals surface area (Å²) < 4.78 is 0. The van der Waals surface area contributed by atoms with E-state index < -0.39 is 0 Å². The van der Waals surface area contributed by atoms with Crippen LogP contribution in [0.3, 0.4) is 0 Å². The van der Waals surface area contributed by atoms with Crippen LogP contribution in [-0.4, -0.2) is 15.0 Å². The smallest absolute Gasteiger partial charge is 0.177 e. The molecule has 0 amide bonds. The van der Waals surface area contributed by atoms with E-state index in [1.54, 1.807) is 6.20 Å². The van der Waals surface area contributed by atoms with Gasteiger partial charge in [-0.25, -0.2) is 9.97 Å². The van der Waals surface area contributed by atoms with Crippen LogP contribution in [-0.2, 0) is 6.54 Å². The zero-order valence-corrected chi connectivity index (χ0v) is 8.53. The Balaban J connectivity index is 2.04. The van der Waals surface area contributed by atoms with Crippen molar-refractivity contribution in [2.24, 2.45) is 5.73 Å². The number of fused-ring (bicyclic) bond motifs is 1. The molecule has 1 aliphatic rings. The van der Waals surface area contributed by atoms with Crippen LogP contribution < -0.4 is 5.73 Å². The number of pyridine rings is 1. The number of nitrogens with two attached hydrogens (primary N) is 1. The predicted molar refractivity (Wildman–Crippen MR) is 58.4 cm³/mol. The lowest BCUT2D eigenvalue weighted by Crippen LogP contribution is -2.10. The molecule has 0 aliphatic heterocycles. The van der Waals surface area contributed by atoms with Gasteiger partial charge in [0.05, 0.1) is 5.52 Å². The molecule has 4 heteroatoms. The number of aromatic amines is 1. The number of nitrogens with zero attached hydrogens (tertiary/aromatic N) is 2. The summed E-state index contributed by atoms with van der Waals surface area (Å²) in [5, 5.41) is 0. The van der Waals surface area contributed by atoms with Crippen molar-refractivity contribution in [3.8, 4) is 0 Å². The maximum atomic E-state index is 5.57. The highest BCUT2D eigenvalue weighted by Gasteiger charge is 2.22.